The smallest absolute Gasteiger partial charge is 0.234 e. The van der Waals surface area contributed by atoms with E-state index in [4.69, 9.17) is 0 Å². The molecule has 0 spiro atoms. The summed E-state index contributed by atoms with van der Waals surface area (Å²) in [6.07, 6.45) is 6.10. The van der Waals surface area contributed by atoms with Gasteiger partial charge in [0.05, 0.1) is 24.5 Å². The molecule has 1 aliphatic carbocycles. The first-order chi connectivity index (χ1) is 21.7. The van der Waals surface area contributed by atoms with Gasteiger partial charge in [-0.25, -0.2) is 4.39 Å². The van der Waals surface area contributed by atoms with Gasteiger partial charge in [-0.15, -0.1) is 0 Å². The van der Waals surface area contributed by atoms with Crippen molar-refractivity contribution in [1.82, 2.24) is 9.80 Å². The van der Waals surface area contributed by atoms with Gasteiger partial charge in [0.15, 0.2) is 11.6 Å². The van der Waals surface area contributed by atoms with E-state index in [1.165, 1.54) is 22.6 Å². The molecule has 0 aromatic heterocycles. The van der Waals surface area contributed by atoms with Crippen molar-refractivity contribution >= 4 is 17.9 Å². The standard InChI is InChI=1S/C37H47FN2O5/c1-3-8-27-21-29-35(37(45)40(36(29)44)28-15-17-39(18-16-28)22-25-9-6-5-7-10-25)30(23-41)34(27)33(43)14-11-24(4-2)19-26-12-13-32(42)31(38)20-26/h5-7,9-10,12-13,19-20,28-30,33,35,41-43H,3-4,8,11,14-18,21-23H2,1-2H3/b24-19+/t29-,30+,33-,35-/m1/s1. The van der Waals surface area contributed by atoms with Crippen molar-refractivity contribution in [2.24, 2.45) is 17.8 Å². The predicted octanol–water partition coefficient (Wildman–Crippen LogP) is 5.84. The fraction of sp³-hybridized carbons (Fsp3) is 0.514. The van der Waals surface area contributed by atoms with Gasteiger partial charge in [0.2, 0.25) is 11.8 Å². The first-order valence-corrected chi connectivity index (χ1v) is 16.6. The summed E-state index contributed by atoms with van der Waals surface area (Å²) in [5.41, 5.74) is 4.62. The number of phenols is 1. The summed E-state index contributed by atoms with van der Waals surface area (Å²) in [5, 5.41) is 31.8. The summed E-state index contributed by atoms with van der Waals surface area (Å²) in [5.74, 6) is -3.15. The van der Waals surface area contributed by atoms with Crippen LogP contribution < -0.4 is 0 Å². The highest BCUT2D eigenvalue weighted by Gasteiger charge is 2.56. The van der Waals surface area contributed by atoms with E-state index in [1.54, 1.807) is 6.07 Å². The van der Waals surface area contributed by atoms with Crippen molar-refractivity contribution in [1.29, 1.82) is 0 Å². The Morgan fingerprint density at radius 1 is 1.07 bits per heavy atom. The molecule has 0 saturated carbocycles. The van der Waals surface area contributed by atoms with Gasteiger partial charge in [-0.3, -0.25) is 19.4 Å². The molecule has 3 aliphatic rings. The third kappa shape index (κ3) is 7.24. The average Bonchev–Trinajstić information content (AvgIpc) is 3.29. The van der Waals surface area contributed by atoms with Crippen molar-refractivity contribution in [2.75, 3.05) is 19.7 Å². The molecular formula is C37H47FN2O5. The molecule has 3 N–H and O–H groups in total. The van der Waals surface area contributed by atoms with E-state index < -0.39 is 35.4 Å². The van der Waals surface area contributed by atoms with Crippen LogP contribution in [0.1, 0.15) is 76.3 Å². The summed E-state index contributed by atoms with van der Waals surface area (Å²) in [6.45, 7) is 6.22. The zero-order valence-corrected chi connectivity index (χ0v) is 26.5. The van der Waals surface area contributed by atoms with Crippen LogP contribution in [0.5, 0.6) is 5.75 Å². The van der Waals surface area contributed by atoms with Crippen LogP contribution in [-0.4, -0.2) is 68.8 Å². The Balaban J connectivity index is 1.29. The molecule has 2 aliphatic heterocycles. The second-order valence-electron chi connectivity index (χ2n) is 12.9. The normalized spacial score (nSPS) is 24.0. The highest BCUT2D eigenvalue weighted by atomic mass is 19.1. The summed E-state index contributed by atoms with van der Waals surface area (Å²) in [6, 6.07) is 14.4. The lowest BCUT2D eigenvalue weighted by Gasteiger charge is -2.37. The lowest BCUT2D eigenvalue weighted by molar-refractivity contribution is -0.144. The number of amides is 2. The topological polar surface area (TPSA) is 101 Å². The van der Waals surface area contributed by atoms with Crippen LogP contribution in [0.2, 0.25) is 0 Å². The Morgan fingerprint density at radius 3 is 2.44 bits per heavy atom. The van der Waals surface area contributed by atoms with Gasteiger partial charge in [0, 0.05) is 31.6 Å². The number of halogens is 1. The Labute approximate surface area is 266 Å². The Morgan fingerprint density at radius 2 is 1.80 bits per heavy atom. The number of imide groups is 1. The SMILES string of the molecule is CCCC1=C([C@H](O)CC/C(=C/c2ccc(O)c(F)c2)CC)[C@H](CO)[C@@H]2C(=O)N(C3CCN(Cc4ccccc4)CC3)C(=O)[C@@H]2C1. The number of aromatic hydroxyl groups is 1. The molecule has 242 valence electrons. The van der Waals surface area contributed by atoms with Crippen LogP contribution in [0, 0.1) is 23.6 Å². The fourth-order valence-corrected chi connectivity index (χ4v) is 7.74. The van der Waals surface area contributed by atoms with Gasteiger partial charge in [-0.05, 0) is 73.8 Å². The van der Waals surface area contributed by atoms with Crippen LogP contribution >= 0.6 is 0 Å². The molecule has 5 rings (SSSR count). The predicted molar refractivity (Wildman–Crippen MR) is 172 cm³/mol. The maximum atomic E-state index is 14.0. The maximum absolute atomic E-state index is 14.0. The van der Waals surface area contributed by atoms with E-state index in [9.17, 15) is 29.3 Å². The third-order valence-corrected chi connectivity index (χ3v) is 10.0. The van der Waals surface area contributed by atoms with Gasteiger partial charge in [0.1, 0.15) is 0 Å². The number of allylic oxidation sites excluding steroid dienone is 2. The van der Waals surface area contributed by atoms with Crippen molar-refractivity contribution in [3.05, 3.63) is 82.2 Å². The average molecular weight is 619 g/mol. The first kappa shape index (κ1) is 33.0. The van der Waals surface area contributed by atoms with Crippen LogP contribution in [-0.2, 0) is 16.1 Å². The van der Waals surface area contributed by atoms with Gasteiger partial charge in [-0.2, -0.15) is 0 Å². The minimum absolute atomic E-state index is 0.121. The van der Waals surface area contributed by atoms with E-state index in [-0.39, 0.29) is 24.5 Å². The summed E-state index contributed by atoms with van der Waals surface area (Å²) in [7, 11) is 0. The second-order valence-corrected chi connectivity index (χ2v) is 12.9. The number of aliphatic hydroxyl groups is 2. The molecule has 2 aromatic rings. The molecule has 2 saturated heterocycles. The zero-order valence-electron chi connectivity index (χ0n) is 26.5. The number of nitrogens with zero attached hydrogens (tertiary/aromatic N) is 2. The number of benzene rings is 2. The molecule has 2 aromatic carbocycles. The van der Waals surface area contributed by atoms with E-state index in [0.717, 1.165) is 55.6 Å². The number of phenolic OH excluding ortho intramolecular Hbond substituents is 1. The number of hydrogen-bond acceptors (Lipinski definition) is 6. The molecular weight excluding hydrogens is 571 g/mol. The molecule has 2 fully saturated rings. The van der Waals surface area contributed by atoms with E-state index in [1.807, 2.05) is 31.2 Å². The van der Waals surface area contributed by atoms with E-state index >= 15 is 0 Å². The Kier molecular flexibility index (Phi) is 10.9. The number of likely N-dealkylation sites (tertiary alicyclic amines) is 2. The molecule has 8 heteroatoms. The Bertz CT molecular complexity index is 1420. The fourth-order valence-electron chi connectivity index (χ4n) is 7.74. The lowest BCUT2D eigenvalue weighted by atomic mass is 9.67. The molecule has 2 heterocycles. The van der Waals surface area contributed by atoms with E-state index in [2.05, 4.69) is 24.0 Å². The third-order valence-electron chi connectivity index (χ3n) is 10.0. The second kappa shape index (κ2) is 14.8. The van der Waals surface area contributed by atoms with Crippen LogP contribution in [0.3, 0.4) is 0 Å². The van der Waals surface area contributed by atoms with Crippen molar-refractivity contribution in [3.63, 3.8) is 0 Å². The number of piperidine rings is 1. The molecule has 0 bridgehead atoms. The molecule has 45 heavy (non-hydrogen) atoms. The number of hydrogen-bond donors (Lipinski definition) is 3. The van der Waals surface area contributed by atoms with Gasteiger partial charge < -0.3 is 15.3 Å². The van der Waals surface area contributed by atoms with E-state index in [0.29, 0.717) is 37.7 Å². The van der Waals surface area contributed by atoms with Crippen molar-refractivity contribution in [3.8, 4) is 5.75 Å². The minimum Gasteiger partial charge on any atom is -0.505 e. The summed E-state index contributed by atoms with van der Waals surface area (Å²) >= 11 is 0. The number of carbonyl (C=O) groups excluding carboxylic acids is 2. The number of carbonyl (C=O) groups is 2. The van der Waals surface area contributed by atoms with Crippen LogP contribution in [0.25, 0.3) is 6.08 Å². The van der Waals surface area contributed by atoms with Crippen LogP contribution in [0.15, 0.2) is 65.3 Å². The number of aliphatic hydroxyl groups excluding tert-OH is 2. The van der Waals surface area contributed by atoms with Gasteiger partial charge in [0.25, 0.3) is 0 Å². The number of rotatable bonds is 12. The van der Waals surface area contributed by atoms with Crippen molar-refractivity contribution < 1.29 is 29.3 Å². The molecule has 0 unspecified atom stereocenters. The molecule has 0 radical (unpaired) electrons. The molecule has 2 amide bonds. The quantitative estimate of drug-likeness (QED) is 0.204. The minimum atomic E-state index is -0.866. The van der Waals surface area contributed by atoms with Crippen molar-refractivity contribution in [2.45, 2.75) is 83.9 Å². The zero-order chi connectivity index (χ0) is 32.1. The van der Waals surface area contributed by atoms with Crippen LogP contribution in [0.4, 0.5) is 4.39 Å². The monoisotopic (exact) mass is 618 g/mol. The van der Waals surface area contributed by atoms with Gasteiger partial charge in [-0.1, -0.05) is 73.9 Å². The number of fused-ring (bicyclic) bond motifs is 1. The lowest BCUT2D eigenvalue weighted by Crippen LogP contribution is -2.47. The molecule has 4 atom stereocenters. The highest BCUT2D eigenvalue weighted by Crippen LogP contribution is 2.48. The first-order valence-electron chi connectivity index (χ1n) is 16.6. The summed E-state index contributed by atoms with van der Waals surface area (Å²) < 4.78 is 13.9. The highest BCUT2D eigenvalue weighted by molar-refractivity contribution is 6.06. The maximum Gasteiger partial charge on any atom is 0.234 e. The largest absolute Gasteiger partial charge is 0.505 e. The summed E-state index contributed by atoms with van der Waals surface area (Å²) in [4.78, 5) is 31.8. The molecule has 7 nitrogen and oxygen atoms in total. The van der Waals surface area contributed by atoms with Gasteiger partial charge >= 0.3 is 0 Å². The Hall–Kier alpha value is -3.33.